The molecule has 13 heteroatoms. The van der Waals surface area contributed by atoms with Gasteiger partial charge in [-0.1, -0.05) is 12.1 Å². The fraction of sp³-hybridized carbons (Fsp3) is 0.379. The second kappa shape index (κ2) is 12.9. The van der Waals surface area contributed by atoms with Crippen molar-refractivity contribution in [2.45, 2.75) is 39.8 Å². The molecular weight excluding hydrogens is 547 g/mol. The first kappa shape index (κ1) is 30.3. The molecule has 3 atom stereocenters. The van der Waals surface area contributed by atoms with Crippen LogP contribution in [0.3, 0.4) is 0 Å². The van der Waals surface area contributed by atoms with Gasteiger partial charge >= 0.3 is 12.1 Å². The molecule has 0 aliphatic carbocycles. The number of hydrogen-bond acceptors (Lipinski definition) is 7. The third-order valence-corrected chi connectivity index (χ3v) is 7.09. The molecule has 2 aromatic carbocycles. The molecule has 0 unspecified atom stereocenters. The highest BCUT2D eigenvalue weighted by Crippen LogP contribution is 2.31. The molecule has 0 fully saturated rings. The summed E-state index contributed by atoms with van der Waals surface area (Å²) in [5.41, 5.74) is 1.95. The number of aliphatic hydroxyl groups excluding tert-OH is 1. The fourth-order valence-electron chi connectivity index (χ4n) is 4.56. The normalized spacial score (nSPS) is 17.3. The van der Waals surface area contributed by atoms with E-state index in [0.717, 1.165) is 0 Å². The average molecular weight is 583 g/mol. The Morgan fingerprint density at radius 3 is 2.48 bits per heavy atom. The smallest absolute Gasteiger partial charge is 0.323 e. The molecule has 1 aliphatic rings. The summed E-state index contributed by atoms with van der Waals surface area (Å²) in [6, 6.07) is 8.68. The number of ether oxygens (including phenoxy) is 1. The predicted octanol–water partition coefficient (Wildman–Crippen LogP) is 4.46. The maximum absolute atomic E-state index is 13.7. The van der Waals surface area contributed by atoms with E-state index in [-0.39, 0.29) is 42.8 Å². The van der Waals surface area contributed by atoms with E-state index < -0.39 is 30.0 Å². The van der Waals surface area contributed by atoms with Crippen molar-refractivity contribution >= 4 is 35.0 Å². The largest absolute Gasteiger partial charge is 0.487 e. The number of halogens is 1. The number of carbonyl (C=O) groups is 3. The molecule has 4 rings (SSSR count). The molecule has 0 radical (unpaired) electrons. The molecule has 5 amide bonds. The number of likely N-dealkylation sites (N-methyl/N-ethyl adjacent to an activating group) is 1. The lowest BCUT2D eigenvalue weighted by Crippen LogP contribution is -2.50. The summed E-state index contributed by atoms with van der Waals surface area (Å²) in [6.45, 7) is 7.19. The number of hydrogen-bond donors (Lipinski definition) is 4. The number of fused-ring (bicyclic) bond motifs is 1. The highest BCUT2D eigenvalue weighted by Gasteiger charge is 2.34. The molecular formula is C29H35FN6O6. The molecule has 3 aromatic rings. The van der Waals surface area contributed by atoms with Gasteiger partial charge in [0.05, 0.1) is 24.8 Å². The van der Waals surface area contributed by atoms with Crippen molar-refractivity contribution in [3.63, 3.8) is 0 Å². The predicted molar refractivity (Wildman–Crippen MR) is 154 cm³/mol. The first-order valence-corrected chi connectivity index (χ1v) is 13.5. The molecule has 12 nitrogen and oxygen atoms in total. The molecule has 42 heavy (non-hydrogen) atoms. The molecule has 0 saturated heterocycles. The second-order valence-corrected chi connectivity index (χ2v) is 10.4. The molecule has 0 spiro atoms. The van der Waals surface area contributed by atoms with Crippen LogP contribution in [-0.4, -0.2) is 76.9 Å². The van der Waals surface area contributed by atoms with Gasteiger partial charge in [0.2, 0.25) is 0 Å². The minimum atomic E-state index is -0.551. The van der Waals surface area contributed by atoms with Crippen LogP contribution in [-0.2, 0) is 0 Å². The number of aliphatic hydroxyl groups is 1. The Hall–Kier alpha value is -4.65. The van der Waals surface area contributed by atoms with Crippen LogP contribution in [0.4, 0.5) is 31.0 Å². The molecule has 4 N–H and O–H groups in total. The van der Waals surface area contributed by atoms with Crippen LogP contribution >= 0.6 is 0 Å². The van der Waals surface area contributed by atoms with Crippen molar-refractivity contribution in [1.29, 1.82) is 0 Å². The molecule has 1 aromatic heterocycles. The number of rotatable bonds is 7. The van der Waals surface area contributed by atoms with E-state index >= 15 is 0 Å². The topological polar surface area (TPSA) is 149 Å². The van der Waals surface area contributed by atoms with Gasteiger partial charge in [-0.15, -0.1) is 0 Å². The number of aromatic nitrogens is 1. The zero-order valence-electron chi connectivity index (χ0n) is 24.1. The van der Waals surface area contributed by atoms with E-state index in [1.807, 2.05) is 6.92 Å². The summed E-state index contributed by atoms with van der Waals surface area (Å²) in [6.07, 6.45) is -0.532. The number of carbonyl (C=O) groups excluding carboxylic acids is 3. The van der Waals surface area contributed by atoms with Crippen LogP contribution < -0.4 is 20.7 Å². The number of anilines is 3. The number of benzene rings is 2. The van der Waals surface area contributed by atoms with Crippen molar-refractivity contribution in [2.24, 2.45) is 5.92 Å². The van der Waals surface area contributed by atoms with Crippen LogP contribution in [0.25, 0.3) is 0 Å². The van der Waals surface area contributed by atoms with E-state index in [1.165, 1.54) is 35.2 Å². The maximum atomic E-state index is 13.7. The van der Waals surface area contributed by atoms with Crippen LogP contribution in [0.5, 0.6) is 5.75 Å². The van der Waals surface area contributed by atoms with Gasteiger partial charge in [-0.25, -0.2) is 14.0 Å². The third-order valence-electron chi connectivity index (χ3n) is 7.09. The van der Waals surface area contributed by atoms with Gasteiger partial charge in [-0.05, 0) is 63.2 Å². The Balaban J connectivity index is 1.55. The Labute approximate surface area is 242 Å². The summed E-state index contributed by atoms with van der Waals surface area (Å²) in [5.74, 6) is -0.275. The Kier molecular flexibility index (Phi) is 9.31. The number of nitrogens with one attached hydrogen (secondary N) is 3. The van der Waals surface area contributed by atoms with E-state index in [2.05, 4.69) is 21.1 Å². The summed E-state index contributed by atoms with van der Waals surface area (Å²) in [4.78, 5) is 42.2. The highest BCUT2D eigenvalue weighted by atomic mass is 19.1. The first-order chi connectivity index (χ1) is 20.0. The van der Waals surface area contributed by atoms with Gasteiger partial charge in [-0.2, -0.15) is 0 Å². The minimum absolute atomic E-state index is 0.170. The zero-order chi connectivity index (χ0) is 30.6. The van der Waals surface area contributed by atoms with Crippen molar-refractivity contribution in [1.82, 2.24) is 15.0 Å². The Morgan fingerprint density at radius 2 is 1.83 bits per heavy atom. The first-order valence-electron chi connectivity index (χ1n) is 13.5. The monoisotopic (exact) mass is 582 g/mol. The van der Waals surface area contributed by atoms with Crippen LogP contribution in [0.2, 0.25) is 0 Å². The lowest BCUT2D eigenvalue weighted by molar-refractivity contribution is 0.0371. The second-order valence-electron chi connectivity index (χ2n) is 10.4. The van der Waals surface area contributed by atoms with Gasteiger partial charge in [0.25, 0.3) is 5.91 Å². The number of urea groups is 2. The van der Waals surface area contributed by atoms with Crippen LogP contribution in [0, 0.1) is 25.6 Å². The quantitative estimate of drug-likeness (QED) is 0.321. The van der Waals surface area contributed by atoms with E-state index in [0.29, 0.717) is 28.5 Å². The lowest BCUT2D eigenvalue weighted by Gasteiger charge is -2.38. The summed E-state index contributed by atoms with van der Waals surface area (Å²) in [5, 5.41) is 21.8. The standard InChI is InChI=1S/C29H35FN6O6/c1-16-13-36(17(2)15-37)27(38)23-12-22(31-28(39)33-26-18(3)34-42-19(26)4)10-11-24(23)41-25(16)14-35(5)29(40)32-21-8-6-20(30)7-9-21/h6-12,16-17,25,37H,13-15H2,1-5H3,(H,32,40)(H2,31,33,39)/t16-,17+,25-/m1/s1. The third kappa shape index (κ3) is 6.97. The molecule has 0 bridgehead atoms. The van der Waals surface area contributed by atoms with Gasteiger partial charge in [0, 0.05) is 30.9 Å². The molecule has 1 aliphatic heterocycles. The van der Waals surface area contributed by atoms with Crippen molar-refractivity contribution < 1.29 is 33.1 Å². The van der Waals surface area contributed by atoms with E-state index in [4.69, 9.17) is 9.26 Å². The number of aryl methyl sites for hydroxylation is 2. The Morgan fingerprint density at radius 1 is 1.14 bits per heavy atom. The van der Waals surface area contributed by atoms with Gasteiger partial charge in [0.1, 0.15) is 29.1 Å². The molecule has 0 saturated carbocycles. The SMILES string of the molecule is Cc1noc(C)c1NC(=O)Nc1ccc2c(c1)C(=O)N([C@@H](C)CO)C[C@@H](C)[C@@H](CN(C)C(=O)Nc1ccc(F)cc1)O2. The summed E-state index contributed by atoms with van der Waals surface area (Å²) < 4.78 is 24.6. The summed E-state index contributed by atoms with van der Waals surface area (Å²) in [7, 11) is 1.61. The summed E-state index contributed by atoms with van der Waals surface area (Å²) >= 11 is 0. The number of nitrogens with zero attached hydrogens (tertiary/aromatic N) is 3. The van der Waals surface area contributed by atoms with Gasteiger partial charge in [0.15, 0.2) is 5.76 Å². The Bertz CT molecular complexity index is 1430. The van der Waals surface area contributed by atoms with Crippen LogP contribution in [0.15, 0.2) is 47.0 Å². The van der Waals surface area contributed by atoms with Crippen LogP contribution in [0.1, 0.15) is 35.7 Å². The zero-order valence-corrected chi connectivity index (χ0v) is 24.1. The fourth-order valence-corrected chi connectivity index (χ4v) is 4.56. The lowest BCUT2D eigenvalue weighted by atomic mass is 9.99. The highest BCUT2D eigenvalue weighted by molar-refractivity contribution is 6.03. The van der Waals surface area contributed by atoms with Crippen molar-refractivity contribution in [2.75, 3.05) is 42.7 Å². The average Bonchev–Trinajstić information content (AvgIpc) is 3.27. The molecule has 224 valence electrons. The maximum Gasteiger partial charge on any atom is 0.323 e. The van der Waals surface area contributed by atoms with E-state index in [9.17, 15) is 23.9 Å². The minimum Gasteiger partial charge on any atom is -0.487 e. The number of amides is 5. The molecule has 2 heterocycles. The van der Waals surface area contributed by atoms with Gasteiger partial charge < -0.3 is 40.1 Å². The van der Waals surface area contributed by atoms with E-state index in [1.54, 1.807) is 44.9 Å². The van der Waals surface area contributed by atoms with Crippen molar-refractivity contribution in [3.8, 4) is 5.75 Å². The van der Waals surface area contributed by atoms with Gasteiger partial charge in [-0.3, -0.25) is 4.79 Å². The van der Waals surface area contributed by atoms with Crippen molar-refractivity contribution in [3.05, 3.63) is 65.3 Å².